The van der Waals surface area contributed by atoms with Crippen molar-refractivity contribution in [2.75, 3.05) is 0 Å². The number of carbonyl (C=O) groups is 5. The summed E-state index contributed by atoms with van der Waals surface area (Å²) in [5.41, 5.74) is -2.92. The molecule has 10 heteroatoms. The molecule has 6 aliphatic rings. The lowest BCUT2D eigenvalue weighted by Gasteiger charge is -2.47. The molecule has 10 nitrogen and oxygen atoms in total. The lowest BCUT2D eigenvalue weighted by molar-refractivity contribution is -0.187. The first kappa shape index (κ1) is 134. The van der Waals surface area contributed by atoms with Crippen LogP contribution < -0.4 is 0 Å². The molecule has 0 aromatic rings. The van der Waals surface area contributed by atoms with E-state index in [1.807, 2.05) is 166 Å². The number of carbonyl (C=O) groups excluding carboxylic acids is 5. The molecule has 0 aliphatic heterocycles. The summed E-state index contributed by atoms with van der Waals surface area (Å²) in [6.07, 6.45) is 38.5. The van der Waals surface area contributed by atoms with Crippen molar-refractivity contribution in [2.45, 2.75) is 536 Å². The lowest BCUT2D eigenvalue weighted by atomic mass is 9.67. The average Bonchev–Trinajstić information content (AvgIpc) is 0.974. The Morgan fingerprint density at radius 2 is 0.423 bits per heavy atom. The van der Waals surface area contributed by atoms with Gasteiger partial charge in [-0.15, -0.1) is 0 Å². The summed E-state index contributed by atoms with van der Waals surface area (Å²) >= 11 is 0. The van der Waals surface area contributed by atoms with Gasteiger partial charge in [-0.05, 0) is 276 Å². The van der Waals surface area contributed by atoms with E-state index in [0.717, 1.165) is 57.8 Å². The number of hydrogen-bond donors (Lipinski definition) is 0. The van der Waals surface area contributed by atoms with E-state index in [9.17, 15) is 24.0 Å². The van der Waals surface area contributed by atoms with Crippen molar-refractivity contribution >= 4 is 29.8 Å². The summed E-state index contributed by atoms with van der Waals surface area (Å²) in [7, 11) is 0. The Bertz CT molecular complexity index is 1940. The van der Waals surface area contributed by atoms with Gasteiger partial charge in [0.15, 0.2) is 0 Å². The predicted molar refractivity (Wildman–Crippen MR) is 471 cm³/mol. The van der Waals surface area contributed by atoms with Crippen molar-refractivity contribution in [2.24, 2.45) is 50.7 Å². The Morgan fingerprint density at radius 1 is 0.260 bits per heavy atom. The highest BCUT2D eigenvalue weighted by Crippen LogP contribution is 2.47. The van der Waals surface area contributed by atoms with Gasteiger partial charge < -0.3 is 23.7 Å². The van der Waals surface area contributed by atoms with Crippen LogP contribution in [0.15, 0.2) is 0 Å². The average molecular weight is 1500 g/mol. The molecule has 0 bridgehead atoms. The second-order valence-corrected chi connectivity index (χ2v) is 32.2. The fourth-order valence-electron chi connectivity index (χ4n) is 12.6. The molecule has 6 aliphatic carbocycles. The third-order valence-corrected chi connectivity index (χ3v) is 22.2. The zero-order valence-corrected chi connectivity index (χ0v) is 69.2. The molecule has 0 aromatic heterocycles. The van der Waals surface area contributed by atoms with Gasteiger partial charge in [-0.2, -0.15) is 0 Å². The molecule has 0 aromatic carbocycles. The van der Waals surface area contributed by atoms with Crippen LogP contribution in [0.2, 0.25) is 0 Å². The monoisotopic (exact) mass is 1500 g/mol. The zero-order valence-electron chi connectivity index (χ0n) is 69.2. The van der Waals surface area contributed by atoms with E-state index in [2.05, 4.69) is 55.4 Å². The minimum atomic E-state index is -0.357. The van der Waals surface area contributed by atoms with E-state index in [0.29, 0.717) is 23.7 Å². The first-order valence-electron chi connectivity index (χ1n) is 40.0. The van der Waals surface area contributed by atoms with E-state index >= 15 is 0 Å². The summed E-state index contributed by atoms with van der Waals surface area (Å²) in [4.78, 5) is 60.7. The first-order chi connectivity index (χ1) is 43.8. The Labute approximate surface area is 660 Å². The van der Waals surface area contributed by atoms with Gasteiger partial charge in [-0.25, -0.2) is 0 Å². The van der Waals surface area contributed by atoms with Crippen LogP contribution in [-0.2, 0) is 47.7 Å². The number of rotatable bonds is 19. The fraction of sp³-hybridized carbons (Fsp3) is 0.947. The Balaban J connectivity index is -0.0000000773. The largest absolute Gasteiger partial charge is 0.459 e. The maximum atomic E-state index is 12.8. The van der Waals surface area contributed by atoms with E-state index in [1.54, 1.807) is 0 Å². The summed E-state index contributed by atoms with van der Waals surface area (Å²) in [6, 6.07) is 0. The molecule has 0 radical (unpaired) electrons. The Kier molecular flexibility index (Phi) is 85.1. The molecular weight excluding hydrogens is 1290 g/mol. The molecule has 0 unspecified atom stereocenters. The third kappa shape index (κ3) is 48.1. The van der Waals surface area contributed by atoms with Gasteiger partial charge >= 0.3 is 29.8 Å². The molecule has 6 saturated carbocycles. The number of ether oxygens (including phenoxy) is 5. The van der Waals surface area contributed by atoms with Crippen LogP contribution in [0, 0.1) is 50.7 Å². The van der Waals surface area contributed by atoms with E-state index in [4.69, 9.17) is 23.7 Å². The topological polar surface area (TPSA) is 132 Å². The second-order valence-electron chi connectivity index (χ2n) is 32.2. The van der Waals surface area contributed by atoms with Crippen molar-refractivity contribution < 1.29 is 47.7 Å². The summed E-state index contributed by atoms with van der Waals surface area (Å²) in [6.45, 7) is 64.6. The van der Waals surface area contributed by atoms with Gasteiger partial charge in [0.2, 0.25) is 0 Å². The molecule has 642 valence electrons. The first-order valence-corrected chi connectivity index (χ1v) is 40.0. The van der Waals surface area contributed by atoms with Crippen LogP contribution in [0.4, 0.5) is 0 Å². The van der Waals surface area contributed by atoms with Gasteiger partial charge in [0.05, 0.1) is 27.1 Å². The van der Waals surface area contributed by atoms with Crippen molar-refractivity contribution in [3.8, 4) is 0 Å². The SMILES string of the molecule is C.C.C.C.C.C.C.C.C.C.CC.CC.CC.CC.CC.CCC(C)(C)C(=O)OC(C)(C)C1CCCC1.CCC(C)(C)C(=O)OC(C)(C)C1CCCCC1.CCC(C)(C)C(=O)OC(C)(C1CCCCC1)C1CCCCC1.CCC(C)(C)C(=O)OC1(C)CCCC1.CCC(C)(C)C(=O)OC1(C)CCCCC1. The lowest BCUT2D eigenvalue weighted by Crippen LogP contribution is -2.49. The second kappa shape index (κ2) is 66.2. The smallest absolute Gasteiger partial charge is 0.312 e. The molecule has 6 fully saturated rings. The maximum absolute atomic E-state index is 12.8. The molecule has 0 N–H and O–H groups in total. The van der Waals surface area contributed by atoms with Crippen LogP contribution in [-0.4, -0.2) is 57.9 Å². The van der Waals surface area contributed by atoms with Crippen molar-refractivity contribution in [3.05, 3.63) is 0 Å². The third-order valence-electron chi connectivity index (χ3n) is 22.2. The minimum absolute atomic E-state index is 0. The summed E-state index contributed by atoms with van der Waals surface area (Å²) in [5, 5.41) is 0. The Hall–Kier alpha value is -2.65. The molecule has 0 heterocycles. The highest BCUT2D eigenvalue weighted by atomic mass is 16.6. The standard InChI is InChI=1S/C20H36O2.C15H28O2.C14H26O2.C13H24O2.C12H22O2.5C2H6.10CH4/c1-5-19(2,3)18(21)22-20(4,16-12-8-6-9-13-16)17-14-10-7-11-15-17;1-6-14(2,3)13(16)17-15(4,5)12-10-8-7-9-11-12;1-6-13(2,3)12(15)16-14(4,5)11-9-7-8-10-11;1-5-12(2,3)11(14)15-13(4)9-7-6-8-10-13;1-5-11(2,3)10(13)14-12(4)8-6-7-9-12;5*1-2;;;;;;;;;;/h16-17H,5-15H2,1-4H3;12H,6-11H2,1-5H3;11H,6-10H2,1-5H3;5-10H2,1-4H3;5-9H2,1-4H3;5*1-2H3;10*1H4. The van der Waals surface area contributed by atoms with Gasteiger partial charge in [0, 0.05) is 0 Å². The van der Waals surface area contributed by atoms with E-state index in [1.165, 1.54) is 154 Å². The zero-order chi connectivity index (χ0) is 74.1. The van der Waals surface area contributed by atoms with Crippen LogP contribution >= 0.6 is 0 Å². The van der Waals surface area contributed by atoms with E-state index < -0.39 is 0 Å². The maximum Gasteiger partial charge on any atom is 0.312 e. The van der Waals surface area contributed by atoms with Crippen LogP contribution in [0.1, 0.15) is 508 Å². The van der Waals surface area contributed by atoms with Gasteiger partial charge in [-0.1, -0.05) is 255 Å². The molecule has 0 spiro atoms. The van der Waals surface area contributed by atoms with Gasteiger partial charge in [0.25, 0.3) is 0 Å². The van der Waals surface area contributed by atoms with Crippen molar-refractivity contribution in [1.82, 2.24) is 0 Å². The van der Waals surface area contributed by atoms with Crippen molar-refractivity contribution in [1.29, 1.82) is 0 Å². The molecular formula is C94H206O10. The fourth-order valence-corrected chi connectivity index (χ4v) is 12.6. The van der Waals surface area contributed by atoms with Crippen LogP contribution in [0.25, 0.3) is 0 Å². The van der Waals surface area contributed by atoms with Gasteiger partial charge in [-0.3, -0.25) is 24.0 Å². The number of hydrogen-bond acceptors (Lipinski definition) is 10. The predicted octanol–water partition coefficient (Wildman–Crippen LogP) is 32.6. The summed E-state index contributed by atoms with van der Waals surface area (Å²) in [5.74, 6) is 2.08. The van der Waals surface area contributed by atoms with Crippen molar-refractivity contribution in [3.63, 3.8) is 0 Å². The van der Waals surface area contributed by atoms with E-state index in [-0.39, 0.29) is 159 Å². The molecule has 0 atom stereocenters. The highest BCUT2D eigenvalue weighted by Gasteiger charge is 2.48. The Morgan fingerprint density at radius 3 is 0.635 bits per heavy atom. The summed E-state index contributed by atoms with van der Waals surface area (Å²) < 4.78 is 29.2. The molecule has 0 saturated heterocycles. The normalized spacial score (nSPS) is 16.9. The highest BCUT2D eigenvalue weighted by molar-refractivity contribution is 5.78. The van der Waals surface area contributed by atoms with Crippen LogP contribution in [0.5, 0.6) is 0 Å². The molecule has 6 rings (SSSR count). The number of esters is 5. The molecule has 104 heavy (non-hydrogen) atoms. The van der Waals surface area contributed by atoms with Gasteiger partial charge in [0.1, 0.15) is 28.0 Å². The minimum Gasteiger partial charge on any atom is -0.459 e. The molecule has 0 amide bonds. The van der Waals surface area contributed by atoms with Crippen LogP contribution in [0.3, 0.4) is 0 Å². The quantitative estimate of drug-likeness (QED) is 0.0910.